The first-order chi connectivity index (χ1) is 6.38. The third-order valence-electron chi connectivity index (χ3n) is 3.48. The molecule has 2 heteroatoms. The number of hydrogen-bond acceptors (Lipinski definition) is 2. The SMILES string of the molecule is CNC1CCC(SC2CCCC2)C1. The molecule has 0 spiro atoms. The van der Waals surface area contributed by atoms with E-state index in [1.807, 2.05) is 0 Å². The summed E-state index contributed by atoms with van der Waals surface area (Å²) in [5.74, 6) is 0. The fourth-order valence-electron chi connectivity index (χ4n) is 2.62. The standard InChI is InChI=1S/C11H21NS/c1-12-9-6-7-11(8-9)13-10-4-2-3-5-10/h9-12H,2-8H2,1H3. The van der Waals surface area contributed by atoms with Crippen LogP contribution in [0.4, 0.5) is 0 Å². The Morgan fingerprint density at radius 1 is 1.00 bits per heavy atom. The van der Waals surface area contributed by atoms with Gasteiger partial charge in [0, 0.05) is 16.5 Å². The predicted molar refractivity (Wildman–Crippen MR) is 60.3 cm³/mol. The van der Waals surface area contributed by atoms with Crippen LogP contribution in [0.15, 0.2) is 0 Å². The molecule has 0 aromatic heterocycles. The molecule has 0 amide bonds. The second-order valence-corrected chi connectivity index (χ2v) is 6.07. The Morgan fingerprint density at radius 3 is 2.38 bits per heavy atom. The number of hydrogen-bond donors (Lipinski definition) is 1. The Balaban J connectivity index is 1.70. The third kappa shape index (κ3) is 2.63. The lowest BCUT2D eigenvalue weighted by Crippen LogP contribution is -2.21. The van der Waals surface area contributed by atoms with Crippen molar-refractivity contribution in [1.29, 1.82) is 0 Å². The topological polar surface area (TPSA) is 12.0 Å². The maximum Gasteiger partial charge on any atom is 0.00750 e. The van der Waals surface area contributed by atoms with E-state index in [0.29, 0.717) is 0 Å². The van der Waals surface area contributed by atoms with Gasteiger partial charge in [-0.3, -0.25) is 0 Å². The summed E-state index contributed by atoms with van der Waals surface area (Å²) in [5, 5.41) is 5.39. The summed E-state index contributed by atoms with van der Waals surface area (Å²) in [6.07, 6.45) is 10.2. The average Bonchev–Trinajstić information content (AvgIpc) is 2.76. The minimum Gasteiger partial charge on any atom is -0.317 e. The summed E-state index contributed by atoms with van der Waals surface area (Å²) in [6.45, 7) is 0. The van der Waals surface area contributed by atoms with Gasteiger partial charge in [-0.25, -0.2) is 0 Å². The molecule has 2 unspecified atom stereocenters. The van der Waals surface area contributed by atoms with Crippen LogP contribution in [0.3, 0.4) is 0 Å². The first-order valence-electron chi connectivity index (χ1n) is 5.71. The maximum atomic E-state index is 3.41. The quantitative estimate of drug-likeness (QED) is 0.750. The molecular formula is C11H21NS. The summed E-state index contributed by atoms with van der Waals surface area (Å²) in [5.41, 5.74) is 0. The molecule has 0 aliphatic heterocycles. The van der Waals surface area contributed by atoms with Gasteiger partial charge in [-0.15, -0.1) is 0 Å². The van der Waals surface area contributed by atoms with Gasteiger partial charge in [0.2, 0.25) is 0 Å². The minimum absolute atomic E-state index is 0.818. The van der Waals surface area contributed by atoms with E-state index in [4.69, 9.17) is 0 Å². The molecular weight excluding hydrogens is 178 g/mol. The van der Waals surface area contributed by atoms with E-state index in [9.17, 15) is 0 Å². The smallest absolute Gasteiger partial charge is 0.00750 e. The molecule has 2 aliphatic rings. The third-order valence-corrected chi connectivity index (χ3v) is 5.15. The summed E-state index contributed by atoms with van der Waals surface area (Å²) in [7, 11) is 2.10. The van der Waals surface area contributed by atoms with Crippen molar-refractivity contribution in [3.63, 3.8) is 0 Å². The van der Waals surface area contributed by atoms with Crippen LogP contribution < -0.4 is 5.32 Å². The van der Waals surface area contributed by atoms with Gasteiger partial charge in [-0.1, -0.05) is 12.8 Å². The molecule has 76 valence electrons. The van der Waals surface area contributed by atoms with E-state index < -0.39 is 0 Å². The van der Waals surface area contributed by atoms with Gasteiger partial charge in [-0.05, 0) is 39.2 Å². The van der Waals surface area contributed by atoms with Crippen molar-refractivity contribution in [1.82, 2.24) is 5.32 Å². The van der Waals surface area contributed by atoms with Crippen LogP contribution in [0.5, 0.6) is 0 Å². The highest BCUT2D eigenvalue weighted by Crippen LogP contribution is 2.38. The van der Waals surface area contributed by atoms with E-state index in [1.165, 1.54) is 44.9 Å². The summed E-state index contributed by atoms with van der Waals surface area (Å²) < 4.78 is 0. The Bertz CT molecular complexity index is 154. The molecule has 0 bridgehead atoms. The fraction of sp³-hybridized carbons (Fsp3) is 1.00. The van der Waals surface area contributed by atoms with Crippen LogP contribution in [0.2, 0.25) is 0 Å². The molecule has 0 aromatic carbocycles. The normalized spacial score (nSPS) is 35.8. The number of nitrogens with one attached hydrogen (secondary N) is 1. The van der Waals surface area contributed by atoms with Crippen LogP contribution in [0, 0.1) is 0 Å². The van der Waals surface area contributed by atoms with Gasteiger partial charge in [0.05, 0.1) is 0 Å². The molecule has 2 fully saturated rings. The van der Waals surface area contributed by atoms with Crippen LogP contribution in [0.1, 0.15) is 44.9 Å². The van der Waals surface area contributed by atoms with Gasteiger partial charge in [0.15, 0.2) is 0 Å². The van der Waals surface area contributed by atoms with E-state index in [0.717, 1.165) is 16.5 Å². The molecule has 1 nitrogen and oxygen atoms in total. The minimum atomic E-state index is 0.818. The van der Waals surface area contributed by atoms with Gasteiger partial charge >= 0.3 is 0 Å². The van der Waals surface area contributed by atoms with Crippen LogP contribution in [-0.4, -0.2) is 23.6 Å². The lowest BCUT2D eigenvalue weighted by Gasteiger charge is -2.15. The summed E-state index contributed by atoms with van der Waals surface area (Å²) in [4.78, 5) is 0. The van der Waals surface area contributed by atoms with E-state index >= 15 is 0 Å². The van der Waals surface area contributed by atoms with Crippen molar-refractivity contribution in [3.8, 4) is 0 Å². The highest BCUT2D eigenvalue weighted by atomic mass is 32.2. The number of thioether (sulfide) groups is 1. The zero-order valence-electron chi connectivity index (χ0n) is 8.59. The van der Waals surface area contributed by atoms with Gasteiger partial charge in [0.1, 0.15) is 0 Å². The largest absolute Gasteiger partial charge is 0.317 e. The predicted octanol–water partition coefficient (Wildman–Crippen LogP) is 2.80. The number of rotatable bonds is 3. The first-order valence-corrected chi connectivity index (χ1v) is 6.65. The van der Waals surface area contributed by atoms with Crippen LogP contribution in [0.25, 0.3) is 0 Å². The Kier molecular flexibility index (Phi) is 3.56. The van der Waals surface area contributed by atoms with Crippen molar-refractivity contribution in [2.24, 2.45) is 0 Å². The Labute approximate surface area is 86.0 Å². The Morgan fingerprint density at radius 2 is 1.77 bits per heavy atom. The monoisotopic (exact) mass is 199 g/mol. The summed E-state index contributed by atoms with van der Waals surface area (Å²) in [6, 6.07) is 0.818. The molecule has 2 aliphatic carbocycles. The van der Waals surface area contributed by atoms with Crippen molar-refractivity contribution in [3.05, 3.63) is 0 Å². The molecule has 0 radical (unpaired) electrons. The maximum absolute atomic E-state index is 3.41. The highest BCUT2D eigenvalue weighted by Gasteiger charge is 2.27. The second-order valence-electron chi connectivity index (χ2n) is 4.46. The van der Waals surface area contributed by atoms with Gasteiger partial charge in [0.25, 0.3) is 0 Å². The lowest BCUT2D eigenvalue weighted by molar-refractivity contribution is 0.583. The summed E-state index contributed by atoms with van der Waals surface area (Å²) >= 11 is 2.29. The molecule has 0 saturated heterocycles. The average molecular weight is 199 g/mol. The molecule has 1 N–H and O–H groups in total. The van der Waals surface area contributed by atoms with Crippen LogP contribution in [-0.2, 0) is 0 Å². The van der Waals surface area contributed by atoms with Crippen molar-refractivity contribution < 1.29 is 0 Å². The molecule has 2 saturated carbocycles. The first kappa shape index (κ1) is 9.85. The molecule has 13 heavy (non-hydrogen) atoms. The van der Waals surface area contributed by atoms with E-state index in [-0.39, 0.29) is 0 Å². The molecule has 0 heterocycles. The zero-order chi connectivity index (χ0) is 9.10. The zero-order valence-corrected chi connectivity index (χ0v) is 9.41. The van der Waals surface area contributed by atoms with Gasteiger partial charge < -0.3 is 5.32 Å². The molecule has 2 atom stereocenters. The lowest BCUT2D eigenvalue weighted by atomic mass is 10.3. The van der Waals surface area contributed by atoms with Crippen molar-refractivity contribution in [2.45, 2.75) is 61.5 Å². The fourth-order valence-corrected chi connectivity index (χ4v) is 4.39. The van der Waals surface area contributed by atoms with Crippen LogP contribution >= 0.6 is 11.8 Å². The van der Waals surface area contributed by atoms with E-state index in [1.54, 1.807) is 0 Å². The van der Waals surface area contributed by atoms with E-state index in [2.05, 4.69) is 24.1 Å². The molecule has 0 aromatic rings. The molecule has 2 rings (SSSR count). The van der Waals surface area contributed by atoms with Crippen molar-refractivity contribution in [2.75, 3.05) is 7.05 Å². The Hall–Kier alpha value is 0.310. The van der Waals surface area contributed by atoms with Gasteiger partial charge in [-0.2, -0.15) is 11.8 Å². The second kappa shape index (κ2) is 4.70. The highest BCUT2D eigenvalue weighted by molar-refractivity contribution is 8.00. The van der Waals surface area contributed by atoms with Crippen molar-refractivity contribution >= 4 is 11.8 Å².